The van der Waals surface area contributed by atoms with Gasteiger partial charge in [0.1, 0.15) is 5.69 Å². The molecule has 4 nitrogen and oxygen atoms in total. The number of rotatable bonds is 5. The van der Waals surface area contributed by atoms with Crippen molar-refractivity contribution in [2.24, 2.45) is 5.73 Å². The quantitative estimate of drug-likeness (QED) is 0.783. The van der Waals surface area contributed by atoms with E-state index in [0.717, 1.165) is 16.8 Å². The van der Waals surface area contributed by atoms with Crippen molar-refractivity contribution in [3.63, 3.8) is 0 Å². The van der Waals surface area contributed by atoms with Crippen molar-refractivity contribution in [1.29, 1.82) is 0 Å². The van der Waals surface area contributed by atoms with Crippen molar-refractivity contribution < 1.29 is 9.21 Å². The van der Waals surface area contributed by atoms with Crippen LogP contribution in [0, 0.1) is 0 Å². The summed E-state index contributed by atoms with van der Waals surface area (Å²) in [5.74, 6) is 0.878. The molecule has 22 heavy (non-hydrogen) atoms. The van der Waals surface area contributed by atoms with Crippen LogP contribution >= 0.6 is 0 Å². The fourth-order valence-electron chi connectivity index (χ4n) is 2.28. The largest absolute Gasteiger partial charge is 0.440 e. The van der Waals surface area contributed by atoms with Crippen LogP contribution in [0.3, 0.4) is 0 Å². The molecular weight excluding hydrogens is 276 g/mol. The van der Waals surface area contributed by atoms with Gasteiger partial charge in [-0.2, -0.15) is 0 Å². The van der Waals surface area contributed by atoms with E-state index in [1.54, 1.807) is 0 Å². The molecule has 3 aromatic rings. The Bertz CT molecular complexity index is 707. The van der Waals surface area contributed by atoms with Crippen LogP contribution in [0.5, 0.6) is 0 Å². The maximum Gasteiger partial charge on any atom is 0.217 e. The second-order valence-corrected chi connectivity index (χ2v) is 4.98. The molecule has 0 saturated heterocycles. The molecule has 2 aromatic carbocycles. The molecule has 0 atom stereocenters. The SMILES string of the molecule is NC(=O)CCc1nc(-c2ccccc2)c(-c2ccccc2)o1. The van der Waals surface area contributed by atoms with Gasteiger partial charge < -0.3 is 10.2 Å². The van der Waals surface area contributed by atoms with Gasteiger partial charge in [-0.1, -0.05) is 60.7 Å². The zero-order valence-electron chi connectivity index (χ0n) is 12.0. The Morgan fingerprint density at radius 1 is 0.955 bits per heavy atom. The van der Waals surface area contributed by atoms with E-state index < -0.39 is 0 Å². The molecule has 4 heteroatoms. The Hall–Kier alpha value is -2.88. The van der Waals surface area contributed by atoms with Crippen LogP contribution in [0.1, 0.15) is 12.3 Å². The first-order valence-corrected chi connectivity index (χ1v) is 7.13. The third-order valence-electron chi connectivity index (χ3n) is 3.34. The lowest BCUT2D eigenvalue weighted by molar-refractivity contribution is -0.118. The fourth-order valence-corrected chi connectivity index (χ4v) is 2.28. The average Bonchev–Trinajstić information content (AvgIpc) is 2.99. The molecule has 0 unspecified atom stereocenters. The van der Waals surface area contributed by atoms with Gasteiger partial charge in [0.25, 0.3) is 0 Å². The summed E-state index contributed by atoms with van der Waals surface area (Å²) in [7, 11) is 0. The second kappa shape index (κ2) is 6.26. The Balaban J connectivity index is 2.04. The molecular formula is C18H16N2O2. The predicted molar refractivity (Wildman–Crippen MR) is 84.9 cm³/mol. The minimum absolute atomic E-state index is 0.225. The summed E-state index contributed by atoms with van der Waals surface area (Å²) in [6.07, 6.45) is 0.630. The van der Waals surface area contributed by atoms with E-state index in [-0.39, 0.29) is 12.3 Å². The Morgan fingerprint density at radius 3 is 2.14 bits per heavy atom. The molecule has 0 aliphatic rings. The van der Waals surface area contributed by atoms with Crippen LogP contribution in [0.4, 0.5) is 0 Å². The lowest BCUT2D eigenvalue weighted by atomic mass is 10.1. The molecule has 110 valence electrons. The first-order valence-electron chi connectivity index (χ1n) is 7.13. The molecule has 1 heterocycles. The predicted octanol–water partition coefficient (Wildman–Crippen LogP) is 3.43. The molecule has 0 aliphatic heterocycles. The molecule has 0 saturated carbocycles. The summed E-state index contributed by atoms with van der Waals surface area (Å²) in [6, 6.07) is 19.7. The second-order valence-electron chi connectivity index (χ2n) is 4.98. The molecule has 0 radical (unpaired) electrons. The molecule has 0 aliphatic carbocycles. The number of hydrogen-bond donors (Lipinski definition) is 1. The third-order valence-corrected chi connectivity index (χ3v) is 3.34. The first kappa shape index (κ1) is 14.1. The van der Waals surface area contributed by atoms with Gasteiger partial charge in [-0.25, -0.2) is 4.98 Å². The highest BCUT2D eigenvalue weighted by Gasteiger charge is 2.16. The zero-order valence-corrected chi connectivity index (χ0v) is 12.0. The van der Waals surface area contributed by atoms with Crippen molar-refractivity contribution in [2.45, 2.75) is 12.8 Å². The summed E-state index contributed by atoms with van der Waals surface area (Å²) in [4.78, 5) is 15.5. The summed E-state index contributed by atoms with van der Waals surface area (Å²) in [6.45, 7) is 0. The number of oxazole rings is 1. The number of carbonyl (C=O) groups is 1. The van der Waals surface area contributed by atoms with E-state index in [2.05, 4.69) is 4.98 Å². The lowest BCUT2D eigenvalue weighted by Crippen LogP contribution is -2.11. The van der Waals surface area contributed by atoms with Crippen LogP contribution in [-0.2, 0) is 11.2 Å². The van der Waals surface area contributed by atoms with Crippen LogP contribution in [0.25, 0.3) is 22.6 Å². The molecule has 3 rings (SSSR count). The number of nitrogens with two attached hydrogens (primary N) is 1. The summed E-state index contributed by atoms with van der Waals surface area (Å²) >= 11 is 0. The zero-order chi connectivity index (χ0) is 15.4. The number of amides is 1. The summed E-state index contributed by atoms with van der Waals surface area (Å²) in [5, 5.41) is 0. The van der Waals surface area contributed by atoms with E-state index in [1.807, 2.05) is 60.7 Å². The van der Waals surface area contributed by atoms with Crippen LogP contribution in [-0.4, -0.2) is 10.9 Å². The molecule has 1 amide bonds. The maximum absolute atomic E-state index is 11.0. The molecule has 2 N–H and O–H groups in total. The molecule has 0 bridgehead atoms. The number of benzene rings is 2. The van der Waals surface area contributed by atoms with Crippen molar-refractivity contribution in [1.82, 2.24) is 4.98 Å². The van der Waals surface area contributed by atoms with E-state index in [1.165, 1.54) is 0 Å². The van der Waals surface area contributed by atoms with Crippen LogP contribution in [0.15, 0.2) is 65.1 Å². The van der Waals surface area contributed by atoms with E-state index in [9.17, 15) is 4.79 Å². The summed E-state index contributed by atoms with van der Waals surface area (Å²) in [5.41, 5.74) is 7.92. The number of carbonyl (C=O) groups excluding carboxylic acids is 1. The number of hydrogen-bond acceptors (Lipinski definition) is 3. The summed E-state index contributed by atoms with van der Waals surface area (Å²) < 4.78 is 5.89. The molecule has 0 spiro atoms. The third kappa shape index (κ3) is 3.06. The van der Waals surface area contributed by atoms with Crippen LogP contribution < -0.4 is 5.73 Å². The number of aryl methyl sites for hydroxylation is 1. The van der Waals surface area contributed by atoms with Gasteiger partial charge in [-0.15, -0.1) is 0 Å². The normalized spacial score (nSPS) is 10.5. The van der Waals surface area contributed by atoms with E-state index in [0.29, 0.717) is 18.1 Å². The van der Waals surface area contributed by atoms with Gasteiger partial charge >= 0.3 is 0 Å². The smallest absolute Gasteiger partial charge is 0.217 e. The Labute approximate surface area is 128 Å². The van der Waals surface area contributed by atoms with Crippen molar-refractivity contribution >= 4 is 5.91 Å². The first-order chi connectivity index (χ1) is 10.7. The average molecular weight is 292 g/mol. The van der Waals surface area contributed by atoms with Gasteiger partial charge in [0.15, 0.2) is 11.7 Å². The number of primary amides is 1. The minimum atomic E-state index is -0.360. The molecule has 1 aromatic heterocycles. The minimum Gasteiger partial charge on any atom is -0.440 e. The fraction of sp³-hybridized carbons (Fsp3) is 0.111. The van der Waals surface area contributed by atoms with Crippen molar-refractivity contribution in [2.75, 3.05) is 0 Å². The lowest BCUT2D eigenvalue weighted by Gasteiger charge is -2.00. The molecule has 0 fully saturated rings. The number of nitrogens with zero attached hydrogens (tertiary/aromatic N) is 1. The van der Waals surface area contributed by atoms with Gasteiger partial charge in [-0.3, -0.25) is 4.79 Å². The Morgan fingerprint density at radius 2 is 1.55 bits per heavy atom. The van der Waals surface area contributed by atoms with E-state index in [4.69, 9.17) is 10.2 Å². The van der Waals surface area contributed by atoms with Gasteiger partial charge in [-0.05, 0) is 0 Å². The standard InChI is InChI=1S/C18H16N2O2/c19-15(21)11-12-16-20-17(13-7-3-1-4-8-13)18(22-16)14-9-5-2-6-10-14/h1-10H,11-12H2,(H2,19,21). The monoisotopic (exact) mass is 292 g/mol. The highest BCUT2D eigenvalue weighted by Crippen LogP contribution is 2.32. The van der Waals surface area contributed by atoms with Crippen molar-refractivity contribution in [3.8, 4) is 22.6 Å². The van der Waals surface area contributed by atoms with Gasteiger partial charge in [0.2, 0.25) is 5.91 Å². The Kier molecular flexibility index (Phi) is 4.01. The maximum atomic E-state index is 11.0. The van der Waals surface area contributed by atoms with E-state index >= 15 is 0 Å². The number of aromatic nitrogens is 1. The van der Waals surface area contributed by atoms with Gasteiger partial charge in [0, 0.05) is 24.0 Å². The highest BCUT2D eigenvalue weighted by atomic mass is 16.4. The van der Waals surface area contributed by atoms with Crippen molar-refractivity contribution in [3.05, 3.63) is 66.6 Å². The topological polar surface area (TPSA) is 69.1 Å². The highest BCUT2D eigenvalue weighted by molar-refractivity contribution is 5.77. The van der Waals surface area contributed by atoms with Crippen LogP contribution in [0.2, 0.25) is 0 Å². The van der Waals surface area contributed by atoms with Gasteiger partial charge in [0.05, 0.1) is 0 Å².